The Kier molecular flexibility index (Phi) is 6.69. The largest absolute Gasteiger partial charge is 0.504 e. The van der Waals surface area contributed by atoms with Crippen LogP contribution < -0.4 is 35.5 Å². The van der Waals surface area contributed by atoms with Crippen molar-refractivity contribution in [2.75, 3.05) is 41.5 Å². The standard InChI is InChI=1S/C33H32N2O8/c1-13-10-15-21-26-22(30(38)32(15)42-5)16(36)11-18(40-3)24(26)25-19(41-4)12-17(37)23-28(25)27(21)29(33(43-6)31(23)39)20(13)14(2)35-9-7-8-34/h11-12,38-39H,7-10,34H2,1-6H3. The molecule has 5 aromatic carbocycles. The van der Waals surface area contributed by atoms with Crippen LogP contribution in [-0.2, 0) is 6.42 Å². The van der Waals surface area contributed by atoms with Crippen molar-refractivity contribution in [1.82, 2.24) is 0 Å². The Hall–Kier alpha value is -4.83. The molecule has 10 heteroatoms. The molecule has 43 heavy (non-hydrogen) atoms. The third kappa shape index (κ3) is 3.65. The summed E-state index contributed by atoms with van der Waals surface area (Å²) >= 11 is 0. The van der Waals surface area contributed by atoms with Crippen LogP contribution in [0.5, 0.6) is 34.5 Å². The highest BCUT2D eigenvalue weighted by Gasteiger charge is 2.35. The van der Waals surface area contributed by atoms with Gasteiger partial charge in [-0.1, -0.05) is 5.57 Å². The predicted molar refractivity (Wildman–Crippen MR) is 169 cm³/mol. The summed E-state index contributed by atoms with van der Waals surface area (Å²) in [7, 11) is 5.76. The average molecular weight is 585 g/mol. The van der Waals surface area contributed by atoms with E-state index in [1.54, 1.807) is 0 Å². The van der Waals surface area contributed by atoms with E-state index in [0.717, 1.165) is 5.57 Å². The molecule has 0 unspecified atom stereocenters. The summed E-state index contributed by atoms with van der Waals surface area (Å²) in [5.74, 6) is 0.0947. The molecule has 6 rings (SSSR count). The fraction of sp³-hybridized carbons (Fsp3) is 0.303. The monoisotopic (exact) mass is 584 g/mol. The van der Waals surface area contributed by atoms with Crippen LogP contribution in [0, 0.1) is 0 Å². The number of phenols is 2. The number of allylic oxidation sites excluding steroid dienone is 2. The SMILES string of the molecule is COc1c(O)c2c(=O)cc(OC)c3c4c(OC)cc(=O)c5c(O)c(OC)c6c(c(c1CC(C)=C6C(C)=NCCCN)c23)c54. The zero-order valence-electron chi connectivity index (χ0n) is 24.9. The minimum Gasteiger partial charge on any atom is -0.504 e. The van der Waals surface area contributed by atoms with Gasteiger partial charge in [0.25, 0.3) is 0 Å². The van der Waals surface area contributed by atoms with Gasteiger partial charge >= 0.3 is 0 Å². The quantitative estimate of drug-likeness (QED) is 0.104. The van der Waals surface area contributed by atoms with Crippen LogP contribution in [0.15, 0.2) is 32.3 Å². The second kappa shape index (κ2) is 10.2. The molecule has 1 aliphatic carbocycles. The average Bonchev–Trinajstić information content (AvgIpc) is 3.11. The number of aliphatic imine (C=N–C) groups is 1. The molecule has 5 aromatic rings. The molecule has 4 N–H and O–H groups in total. The van der Waals surface area contributed by atoms with Crippen LogP contribution in [0.1, 0.15) is 31.4 Å². The number of aromatic hydroxyl groups is 2. The zero-order valence-corrected chi connectivity index (χ0v) is 24.9. The second-order valence-electron chi connectivity index (χ2n) is 10.7. The summed E-state index contributed by atoms with van der Waals surface area (Å²) in [4.78, 5) is 32.1. The van der Waals surface area contributed by atoms with Gasteiger partial charge in [0.2, 0.25) is 0 Å². The lowest BCUT2D eigenvalue weighted by atomic mass is 9.82. The first-order chi connectivity index (χ1) is 20.7. The Morgan fingerprint density at radius 1 is 0.791 bits per heavy atom. The number of methoxy groups -OCH3 is 4. The molecule has 0 aliphatic heterocycles. The number of nitrogens with zero attached hydrogens (tertiary/aromatic N) is 1. The van der Waals surface area contributed by atoms with Crippen molar-refractivity contribution < 1.29 is 29.2 Å². The molecular formula is C33H32N2O8. The van der Waals surface area contributed by atoms with Crippen LogP contribution in [0.3, 0.4) is 0 Å². The van der Waals surface area contributed by atoms with Crippen molar-refractivity contribution in [3.63, 3.8) is 0 Å². The Morgan fingerprint density at radius 2 is 1.33 bits per heavy atom. The zero-order chi connectivity index (χ0) is 30.9. The summed E-state index contributed by atoms with van der Waals surface area (Å²) in [6.45, 7) is 4.78. The van der Waals surface area contributed by atoms with Crippen molar-refractivity contribution in [1.29, 1.82) is 0 Å². The molecule has 0 aromatic heterocycles. The number of hydrogen-bond donors (Lipinski definition) is 3. The second-order valence-corrected chi connectivity index (χ2v) is 10.7. The summed E-state index contributed by atoms with van der Waals surface area (Å²) in [6, 6.07) is 2.60. The van der Waals surface area contributed by atoms with E-state index in [1.165, 1.54) is 40.6 Å². The maximum Gasteiger partial charge on any atom is 0.194 e. The van der Waals surface area contributed by atoms with Crippen LogP contribution in [0.4, 0.5) is 0 Å². The molecule has 0 atom stereocenters. The maximum atomic E-state index is 13.7. The number of phenolic OH excluding ortho intramolecular Hbond substituents is 2. The molecule has 0 fully saturated rings. The molecule has 0 radical (unpaired) electrons. The maximum absolute atomic E-state index is 13.7. The minimum atomic E-state index is -0.472. The van der Waals surface area contributed by atoms with Crippen molar-refractivity contribution >= 4 is 54.4 Å². The number of ether oxygens (including phenoxy) is 4. The first-order valence-electron chi connectivity index (χ1n) is 13.9. The van der Waals surface area contributed by atoms with E-state index < -0.39 is 10.9 Å². The third-order valence-electron chi connectivity index (χ3n) is 8.51. The topological polar surface area (TPSA) is 150 Å². The van der Waals surface area contributed by atoms with Crippen LogP contribution >= 0.6 is 0 Å². The van der Waals surface area contributed by atoms with Gasteiger partial charge in [-0.3, -0.25) is 14.6 Å². The van der Waals surface area contributed by atoms with Gasteiger partial charge in [-0.05, 0) is 38.6 Å². The highest BCUT2D eigenvalue weighted by molar-refractivity contribution is 6.42. The van der Waals surface area contributed by atoms with Crippen LogP contribution in [0.25, 0.3) is 48.7 Å². The summed E-state index contributed by atoms with van der Waals surface area (Å²) < 4.78 is 23.2. The van der Waals surface area contributed by atoms with Gasteiger partial charge in [-0.2, -0.15) is 0 Å². The van der Waals surface area contributed by atoms with E-state index in [4.69, 9.17) is 29.7 Å². The van der Waals surface area contributed by atoms with Crippen molar-refractivity contribution in [3.8, 4) is 34.5 Å². The van der Waals surface area contributed by atoms with E-state index in [1.807, 2.05) is 13.8 Å². The summed E-state index contributed by atoms with van der Waals surface area (Å²) in [6.07, 6.45) is 0.981. The number of benzene rings is 5. The van der Waals surface area contributed by atoms with E-state index in [9.17, 15) is 19.8 Å². The lowest BCUT2D eigenvalue weighted by Gasteiger charge is -2.24. The predicted octanol–water partition coefficient (Wildman–Crippen LogP) is 4.48. The lowest BCUT2D eigenvalue weighted by Crippen LogP contribution is -2.10. The van der Waals surface area contributed by atoms with Gasteiger partial charge < -0.3 is 34.9 Å². The number of hydrogen-bond acceptors (Lipinski definition) is 10. The minimum absolute atomic E-state index is 0.0353. The molecule has 10 nitrogen and oxygen atoms in total. The van der Waals surface area contributed by atoms with Crippen LogP contribution in [-0.4, -0.2) is 57.5 Å². The Bertz CT molecular complexity index is 2170. The fourth-order valence-electron chi connectivity index (χ4n) is 6.87. The van der Waals surface area contributed by atoms with Crippen molar-refractivity contribution in [3.05, 3.63) is 49.3 Å². The number of nitrogens with two attached hydrogens (primary N) is 1. The molecule has 0 saturated heterocycles. The first kappa shape index (κ1) is 28.3. The molecule has 0 spiro atoms. The summed E-state index contributed by atoms with van der Waals surface area (Å²) in [5, 5.41) is 26.3. The van der Waals surface area contributed by atoms with E-state index in [0.29, 0.717) is 80.7 Å². The van der Waals surface area contributed by atoms with Gasteiger partial charge in [0.1, 0.15) is 11.5 Å². The molecule has 0 heterocycles. The normalized spacial score (nSPS) is 13.6. The highest BCUT2D eigenvalue weighted by atomic mass is 16.5. The molecular weight excluding hydrogens is 552 g/mol. The molecule has 0 saturated carbocycles. The van der Waals surface area contributed by atoms with Gasteiger partial charge in [0.05, 0.1) is 39.2 Å². The van der Waals surface area contributed by atoms with Gasteiger partial charge in [-0.15, -0.1) is 0 Å². The van der Waals surface area contributed by atoms with E-state index >= 15 is 0 Å². The van der Waals surface area contributed by atoms with Gasteiger partial charge in [0.15, 0.2) is 33.9 Å². The smallest absolute Gasteiger partial charge is 0.194 e. The number of fused-ring (bicyclic) bond motifs is 1. The van der Waals surface area contributed by atoms with Crippen molar-refractivity contribution in [2.45, 2.75) is 26.7 Å². The molecule has 1 aliphatic rings. The highest BCUT2D eigenvalue weighted by Crippen LogP contribution is 2.58. The van der Waals surface area contributed by atoms with Gasteiger partial charge in [0, 0.05) is 68.0 Å². The number of rotatable bonds is 8. The Morgan fingerprint density at radius 3 is 1.84 bits per heavy atom. The van der Waals surface area contributed by atoms with Crippen molar-refractivity contribution in [2.24, 2.45) is 10.7 Å². The summed E-state index contributed by atoms with van der Waals surface area (Å²) in [5.41, 5.74) is 8.17. The molecule has 0 amide bonds. The molecule has 222 valence electrons. The lowest BCUT2D eigenvalue weighted by molar-refractivity contribution is 0.373. The van der Waals surface area contributed by atoms with Crippen LogP contribution in [0.2, 0.25) is 0 Å². The van der Waals surface area contributed by atoms with E-state index in [2.05, 4.69) is 0 Å². The van der Waals surface area contributed by atoms with Gasteiger partial charge in [-0.25, -0.2) is 0 Å². The third-order valence-corrected chi connectivity index (χ3v) is 8.51. The first-order valence-corrected chi connectivity index (χ1v) is 13.9. The Balaban J connectivity index is 2.09. The Labute approximate surface area is 246 Å². The fourth-order valence-corrected chi connectivity index (χ4v) is 6.87. The van der Waals surface area contributed by atoms with E-state index in [-0.39, 0.29) is 45.3 Å². The molecule has 0 bridgehead atoms.